The molecule has 1 N–H and O–H groups in total. The van der Waals surface area contributed by atoms with Crippen molar-refractivity contribution in [1.82, 2.24) is 20.1 Å². The molecule has 0 aliphatic heterocycles. The Morgan fingerprint density at radius 2 is 2.31 bits per heavy atom. The largest absolute Gasteiger partial charge is 0.314 e. The molecular formula is C11H16N4S. The number of thiazole rings is 1. The molecule has 0 radical (unpaired) electrons. The zero-order chi connectivity index (χ0) is 11.5. The third-order valence-electron chi connectivity index (χ3n) is 2.29. The molecule has 0 aliphatic rings. The highest BCUT2D eigenvalue weighted by molar-refractivity contribution is 7.13. The smallest absolute Gasteiger partial charge is 0.126 e. The van der Waals surface area contributed by atoms with Crippen LogP contribution in [0.3, 0.4) is 0 Å². The van der Waals surface area contributed by atoms with E-state index < -0.39 is 0 Å². The van der Waals surface area contributed by atoms with E-state index in [1.54, 1.807) is 11.3 Å². The number of hydrogen-bond donors (Lipinski definition) is 1. The molecule has 2 rings (SSSR count). The predicted octanol–water partition coefficient (Wildman–Crippen LogP) is 2.31. The number of nitrogens with zero attached hydrogens (tertiary/aromatic N) is 3. The van der Waals surface area contributed by atoms with Gasteiger partial charge >= 0.3 is 0 Å². The van der Waals surface area contributed by atoms with E-state index in [4.69, 9.17) is 0 Å². The zero-order valence-corrected chi connectivity index (χ0v) is 10.6. The van der Waals surface area contributed by atoms with Crippen LogP contribution in [0.2, 0.25) is 0 Å². The summed E-state index contributed by atoms with van der Waals surface area (Å²) in [5.41, 5.74) is 2.18. The molecule has 0 spiro atoms. The maximum Gasteiger partial charge on any atom is 0.126 e. The summed E-state index contributed by atoms with van der Waals surface area (Å²) in [5, 5.41) is 10.5. The highest BCUT2D eigenvalue weighted by Gasteiger charge is 2.07. The van der Waals surface area contributed by atoms with E-state index >= 15 is 0 Å². The van der Waals surface area contributed by atoms with Crippen LogP contribution in [0.5, 0.6) is 0 Å². The Bertz CT molecular complexity index is 458. The van der Waals surface area contributed by atoms with Crippen molar-refractivity contribution in [2.24, 2.45) is 0 Å². The lowest BCUT2D eigenvalue weighted by Crippen LogP contribution is -2.04. The van der Waals surface area contributed by atoms with Crippen molar-refractivity contribution in [3.05, 3.63) is 23.5 Å². The monoisotopic (exact) mass is 236 g/mol. The van der Waals surface area contributed by atoms with Crippen LogP contribution in [0.15, 0.2) is 17.8 Å². The Kier molecular flexibility index (Phi) is 3.36. The Morgan fingerprint density at radius 1 is 1.50 bits per heavy atom. The predicted molar refractivity (Wildman–Crippen MR) is 66.5 cm³/mol. The first kappa shape index (κ1) is 11.3. The normalized spacial score (nSPS) is 11.2. The maximum atomic E-state index is 4.55. The van der Waals surface area contributed by atoms with E-state index in [0.29, 0.717) is 6.04 Å². The minimum Gasteiger partial charge on any atom is -0.314 e. The van der Waals surface area contributed by atoms with Gasteiger partial charge in [0.05, 0.1) is 11.9 Å². The zero-order valence-electron chi connectivity index (χ0n) is 9.77. The summed E-state index contributed by atoms with van der Waals surface area (Å²) in [6.45, 7) is 5.05. The Hall–Kier alpha value is -1.20. The molecule has 0 bridgehead atoms. The van der Waals surface area contributed by atoms with E-state index in [1.807, 2.05) is 24.1 Å². The van der Waals surface area contributed by atoms with Crippen molar-refractivity contribution >= 4 is 11.3 Å². The van der Waals surface area contributed by atoms with Crippen molar-refractivity contribution in [1.29, 1.82) is 0 Å². The first-order valence-electron chi connectivity index (χ1n) is 5.34. The summed E-state index contributed by atoms with van der Waals surface area (Å²) < 4.78 is 1.95. The molecular weight excluding hydrogens is 220 g/mol. The van der Waals surface area contributed by atoms with Crippen LogP contribution in [0.25, 0.3) is 10.6 Å². The van der Waals surface area contributed by atoms with E-state index in [-0.39, 0.29) is 0 Å². The van der Waals surface area contributed by atoms with Crippen LogP contribution in [0.1, 0.15) is 25.6 Å². The topological polar surface area (TPSA) is 42.7 Å². The fourth-order valence-electron chi connectivity index (χ4n) is 1.43. The molecule has 16 heavy (non-hydrogen) atoms. The van der Waals surface area contributed by atoms with E-state index in [9.17, 15) is 0 Å². The summed E-state index contributed by atoms with van der Waals surface area (Å²) in [7, 11) is 1.93. The Morgan fingerprint density at radius 3 is 2.94 bits per heavy atom. The van der Waals surface area contributed by atoms with Gasteiger partial charge in [-0.1, -0.05) is 0 Å². The van der Waals surface area contributed by atoms with Gasteiger partial charge in [0.1, 0.15) is 5.01 Å². The van der Waals surface area contributed by atoms with Gasteiger partial charge in [-0.2, -0.15) is 5.10 Å². The molecule has 2 heterocycles. The second-order valence-corrected chi connectivity index (χ2v) is 4.84. The fraction of sp³-hybridized carbons (Fsp3) is 0.455. The second kappa shape index (κ2) is 4.76. The quantitative estimate of drug-likeness (QED) is 0.885. The van der Waals surface area contributed by atoms with Crippen molar-refractivity contribution in [3.63, 3.8) is 0 Å². The van der Waals surface area contributed by atoms with Crippen molar-refractivity contribution in [3.8, 4) is 10.6 Å². The molecule has 2 aromatic rings. The van der Waals surface area contributed by atoms with E-state index in [2.05, 4.69) is 34.6 Å². The van der Waals surface area contributed by atoms with Crippen LogP contribution < -0.4 is 5.32 Å². The van der Waals surface area contributed by atoms with Gasteiger partial charge in [0.15, 0.2) is 0 Å². The molecule has 4 nitrogen and oxygen atoms in total. The van der Waals surface area contributed by atoms with Gasteiger partial charge in [-0.15, -0.1) is 11.3 Å². The van der Waals surface area contributed by atoms with Gasteiger partial charge in [0, 0.05) is 29.7 Å². The fourth-order valence-corrected chi connectivity index (χ4v) is 2.23. The molecule has 0 aromatic carbocycles. The molecule has 0 saturated heterocycles. The van der Waals surface area contributed by atoms with Crippen molar-refractivity contribution < 1.29 is 0 Å². The molecule has 0 unspecified atom stereocenters. The van der Waals surface area contributed by atoms with Crippen molar-refractivity contribution in [2.45, 2.75) is 26.4 Å². The summed E-state index contributed by atoms with van der Waals surface area (Å²) in [5.74, 6) is 0. The lowest BCUT2D eigenvalue weighted by Gasteiger charge is -2.02. The first-order valence-corrected chi connectivity index (χ1v) is 6.22. The van der Waals surface area contributed by atoms with E-state index in [1.165, 1.54) is 0 Å². The van der Waals surface area contributed by atoms with Crippen LogP contribution in [0.4, 0.5) is 0 Å². The molecule has 0 fully saturated rings. The molecule has 0 atom stereocenters. The summed E-state index contributed by atoms with van der Waals surface area (Å²) in [6.07, 6.45) is 3.93. The third-order valence-corrected chi connectivity index (χ3v) is 3.23. The summed E-state index contributed by atoms with van der Waals surface area (Å²) in [4.78, 5) is 4.55. The van der Waals surface area contributed by atoms with Crippen LogP contribution in [-0.2, 0) is 6.54 Å². The van der Waals surface area contributed by atoms with Crippen LogP contribution >= 0.6 is 11.3 Å². The molecule has 86 valence electrons. The molecule has 0 amide bonds. The minimum absolute atomic E-state index is 0.394. The van der Waals surface area contributed by atoms with Gasteiger partial charge in [-0.3, -0.25) is 4.68 Å². The highest BCUT2D eigenvalue weighted by Crippen LogP contribution is 2.23. The van der Waals surface area contributed by atoms with Gasteiger partial charge < -0.3 is 5.32 Å². The number of rotatable bonds is 4. The van der Waals surface area contributed by atoms with E-state index in [0.717, 1.165) is 22.8 Å². The van der Waals surface area contributed by atoms with Crippen molar-refractivity contribution in [2.75, 3.05) is 7.05 Å². The average Bonchev–Trinajstić information content (AvgIpc) is 2.84. The molecule has 5 heteroatoms. The standard InChI is InChI=1S/C11H16N4S/c1-8(2)15-6-9(4-13-15)11-14-10(5-12-3)7-16-11/h4,6-8,12H,5H2,1-3H3. The van der Waals surface area contributed by atoms with Gasteiger partial charge in [0.25, 0.3) is 0 Å². The number of hydrogen-bond acceptors (Lipinski definition) is 4. The lowest BCUT2D eigenvalue weighted by molar-refractivity contribution is 0.532. The Balaban J connectivity index is 2.21. The highest BCUT2D eigenvalue weighted by atomic mass is 32.1. The van der Waals surface area contributed by atoms with Gasteiger partial charge in [0.2, 0.25) is 0 Å². The molecule has 0 aliphatic carbocycles. The molecule has 2 aromatic heterocycles. The number of nitrogens with one attached hydrogen (secondary N) is 1. The van der Waals surface area contributed by atoms with Crippen LogP contribution in [-0.4, -0.2) is 21.8 Å². The summed E-state index contributed by atoms with van der Waals surface area (Å²) in [6, 6.07) is 0.394. The maximum absolute atomic E-state index is 4.55. The average molecular weight is 236 g/mol. The number of aromatic nitrogens is 3. The van der Waals surface area contributed by atoms with Gasteiger partial charge in [-0.25, -0.2) is 4.98 Å². The molecule has 0 saturated carbocycles. The van der Waals surface area contributed by atoms with Crippen LogP contribution in [0, 0.1) is 0 Å². The lowest BCUT2D eigenvalue weighted by atomic mass is 10.3. The SMILES string of the molecule is CNCc1csc(-c2cnn(C(C)C)c2)n1. The summed E-state index contributed by atoms with van der Waals surface area (Å²) >= 11 is 1.66. The second-order valence-electron chi connectivity index (χ2n) is 3.98. The Labute approximate surface area is 99.3 Å². The third kappa shape index (κ3) is 2.31. The minimum atomic E-state index is 0.394. The first-order chi connectivity index (χ1) is 7.70. The van der Waals surface area contributed by atoms with Gasteiger partial charge in [-0.05, 0) is 20.9 Å².